The van der Waals surface area contributed by atoms with E-state index in [1.807, 2.05) is 6.92 Å². The van der Waals surface area contributed by atoms with E-state index in [9.17, 15) is 0 Å². The predicted molar refractivity (Wildman–Crippen MR) is 79.9 cm³/mol. The molecule has 1 heterocycles. The average molecular weight is 312 g/mol. The highest BCUT2D eigenvalue weighted by Gasteiger charge is 2.18. The van der Waals surface area contributed by atoms with E-state index in [1.165, 1.54) is 7.11 Å². The van der Waals surface area contributed by atoms with Crippen LogP contribution in [0.25, 0.3) is 11.4 Å². The summed E-state index contributed by atoms with van der Waals surface area (Å²) < 4.78 is 15.7. The second-order valence-corrected chi connectivity index (χ2v) is 5.04. The Labute approximate surface area is 128 Å². The number of hydrogen-bond donors (Lipinski definition) is 1. The Morgan fingerprint density at radius 1 is 1.33 bits per heavy atom. The molecule has 0 fully saturated rings. The third-order valence-corrected chi connectivity index (χ3v) is 3.44. The number of aromatic nitrogens is 2. The highest BCUT2D eigenvalue weighted by molar-refractivity contribution is 6.32. The van der Waals surface area contributed by atoms with E-state index < -0.39 is 0 Å². The van der Waals surface area contributed by atoms with Crippen LogP contribution in [-0.2, 0) is 0 Å². The molecule has 0 saturated heterocycles. The van der Waals surface area contributed by atoms with Crippen molar-refractivity contribution in [2.75, 3.05) is 20.8 Å². The van der Waals surface area contributed by atoms with Gasteiger partial charge in [-0.3, -0.25) is 0 Å². The van der Waals surface area contributed by atoms with E-state index in [1.54, 1.807) is 19.2 Å². The molecule has 114 valence electrons. The zero-order chi connectivity index (χ0) is 15.4. The molecule has 2 rings (SSSR count). The van der Waals surface area contributed by atoms with Crippen LogP contribution in [0.15, 0.2) is 16.7 Å². The van der Waals surface area contributed by atoms with E-state index in [0.717, 1.165) is 6.42 Å². The summed E-state index contributed by atoms with van der Waals surface area (Å²) in [5.41, 5.74) is 6.24. The van der Waals surface area contributed by atoms with Gasteiger partial charge in [0, 0.05) is 11.5 Å². The maximum absolute atomic E-state index is 6.17. The summed E-state index contributed by atoms with van der Waals surface area (Å²) in [6, 6.07) is 3.47. The van der Waals surface area contributed by atoms with Gasteiger partial charge in [0.25, 0.3) is 0 Å². The van der Waals surface area contributed by atoms with Crippen LogP contribution in [0.4, 0.5) is 0 Å². The standard InChI is InChI=1S/C14H18ClN3O3/c1-8(4-5-16)14-17-13(18-21-14)9-6-10(15)12(20-3)11(7-9)19-2/h6-8H,4-5,16H2,1-3H3. The molecule has 1 aromatic carbocycles. The summed E-state index contributed by atoms with van der Waals surface area (Å²) in [5.74, 6) is 2.12. The molecule has 0 bridgehead atoms. The maximum Gasteiger partial charge on any atom is 0.229 e. The Hall–Kier alpha value is -1.79. The van der Waals surface area contributed by atoms with Crippen molar-refractivity contribution in [1.29, 1.82) is 0 Å². The summed E-state index contributed by atoms with van der Waals surface area (Å²) in [6.45, 7) is 2.56. The summed E-state index contributed by atoms with van der Waals surface area (Å²) in [5, 5.41) is 4.40. The van der Waals surface area contributed by atoms with Gasteiger partial charge in [-0.1, -0.05) is 23.7 Å². The van der Waals surface area contributed by atoms with Crippen LogP contribution in [0.1, 0.15) is 25.2 Å². The predicted octanol–water partition coefficient (Wildman–Crippen LogP) is 2.86. The fourth-order valence-corrected chi connectivity index (χ4v) is 2.26. The number of nitrogens with zero attached hydrogens (tertiary/aromatic N) is 2. The minimum atomic E-state index is 0.117. The van der Waals surface area contributed by atoms with Crippen LogP contribution in [-0.4, -0.2) is 30.9 Å². The summed E-state index contributed by atoms with van der Waals surface area (Å²) in [6.07, 6.45) is 0.786. The Bertz CT molecular complexity index is 616. The number of rotatable bonds is 6. The molecule has 21 heavy (non-hydrogen) atoms. The van der Waals surface area contributed by atoms with Gasteiger partial charge in [-0.25, -0.2) is 0 Å². The number of ether oxygens (including phenoxy) is 2. The van der Waals surface area contributed by atoms with E-state index in [0.29, 0.717) is 40.3 Å². The van der Waals surface area contributed by atoms with Gasteiger partial charge in [0.15, 0.2) is 11.5 Å². The monoisotopic (exact) mass is 311 g/mol. The van der Waals surface area contributed by atoms with E-state index in [4.69, 9.17) is 31.3 Å². The van der Waals surface area contributed by atoms with Crippen molar-refractivity contribution >= 4 is 11.6 Å². The smallest absolute Gasteiger partial charge is 0.229 e. The fourth-order valence-electron chi connectivity index (χ4n) is 1.97. The Kier molecular flexibility index (Phi) is 5.03. The highest BCUT2D eigenvalue weighted by atomic mass is 35.5. The third kappa shape index (κ3) is 3.28. The lowest BCUT2D eigenvalue weighted by molar-refractivity contribution is 0.353. The molecule has 2 N–H and O–H groups in total. The average Bonchev–Trinajstić information content (AvgIpc) is 2.96. The van der Waals surface area contributed by atoms with Crippen LogP contribution in [0.3, 0.4) is 0 Å². The van der Waals surface area contributed by atoms with Gasteiger partial charge in [0.05, 0.1) is 19.2 Å². The Balaban J connectivity index is 2.36. The van der Waals surface area contributed by atoms with Crippen molar-refractivity contribution in [1.82, 2.24) is 10.1 Å². The first kappa shape index (κ1) is 15.6. The molecule has 0 aliphatic heterocycles. The quantitative estimate of drug-likeness (QED) is 0.883. The summed E-state index contributed by atoms with van der Waals surface area (Å²) in [4.78, 5) is 4.38. The minimum absolute atomic E-state index is 0.117. The first-order valence-corrected chi connectivity index (χ1v) is 6.94. The van der Waals surface area contributed by atoms with Gasteiger partial charge in [-0.2, -0.15) is 4.98 Å². The van der Waals surface area contributed by atoms with Gasteiger partial charge < -0.3 is 19.7 Å². The van der Waals surface area contributed by atoms with Crippen molar-refractivity contribution in [3.05, 3.63) is 23.0 Å². The third-order valence-electron chi connectivity index (χ3n) is 3.15. The SMILES string of the molecule is COc1cc(-c2noc(C(C)CCN)n2)cc(Cl)c1OC. The first-order chi connectivity index (χ1) is 10.1. The van der Waals surface area contributed by atoms with Crippen molar-refractivity contribution in [3.8, 4) is 22.9 Å². The number of methoxy groups -OCH3 is 2. The number of benzene rings is 1. The summed E-state index contributed by atoms with van der Waals surface area (Å²) in [7, 11) is 3.08. The van der Waals surface area contributed by atoms with Gasteiger partial charge in [-0.15, -0.1) is 0 Å². The first-order valence-electron chi connectivity index (χ1n) is 6.56. The second kappa shape index (κ2) is 6.78. The van der Waals surface area contributed by atoms with Gasteiger partial charge in [0.1, 0.15) is 0 Å². The fraction of sp³-hybridized carbons (Fsp3) is 0.429. The highest BCUT2D eigenvalue weighted by Crippen LogP contribution is 2.38. The molecular weight excluding hydrogens is 294 g/mol. The van der Waals surface area contributed by atoms with E-state index in [-0.39, 0.29) is 5.92 Å². The zero-order valence-corrected chi connectivity index (χ0v) is 13.0. The molecular formula is C14H18ClN3O3. The van der Waals surface area contributed by atoms with Crippen molar-refractivity contribution < 1.29 is 14.0 Å². The molecule has 7 heteroatoms. The lowest BCUT2D eigenvalue weighted by Crippen LogP contribution is -2.04. The second-order valence-electron chi connectivity index (χ2n) is 4.63. The van der Waals surface area contributed by atoms with Crippen LogP contribution in [0.5, 0.6) is 11.5 Å². The normalized spacial score (nSPS) is 12.2. The maximum atomic E-state index is 6.17. The lowest BCUT2D eigenvalue weighted by atomic mass is 10.1. The number of hydrogen-bond acceptors (Lipinski definition) is 6. The van der Waals surface area contributed by atoms with Crippen LogP contribution in [0, 0.1) is 0 Å². The molecule has 0 aliphatic carbocycles. The lowest BCUT2D eigenvalue weighted by Gasteiger charge is -2.10. The van der Waals surface area contributed by atoms with Gasteiger partial charge in [0.2, 0.25) is 11.7 Å². The zero-order valence-electron chi connectivity index (χ0n) is 12.2. The minimum Gasteiger partial charge on any atom is -0.493 e. The molecule has 6 nitrogen and oxygen atoms in total. The Morgan fingerprint density at radius 2 is 2.10 bits per heavy atom. The number of nitrogens with two attached hydrogens (primary N) is 1. The molecule has 0 amide bonds. The molecule has 2 aromatic rings. The van der Waals surface area contributed by atoms with Crippen LogP contribution < -0.4 is 15.2 Å². The van der Waals surface area contributed by atoms with E-state index >= 15 is 0 Å². The molecule has 0 spiro atoms. The molecule has 0 saturated carbocycles. The molecule has 0 radical (unpaired) electrons. The molecule has 1 atom stereocenters. The van der Waals surface area contributed by atoms with Crippen LogP contribution in [0.2, 0.25) is 5.02 Å². The van der Waals surface area contributed by atoms with Gasteiger partial charge in [-0.05, 0) is 25.1 Å². The van der Waals surface area contributed by atoms with E-state index in [2.05, 4.69) is 10.1 Å². The van der Waals surface area contributed by atoms with Crippen molar-refractivity contribution in [2.45, 2.75) is 19.3 Å². The Morgan fingerprint density at radius 3 is 2.71 bits per heavy atom. The van der Waals surface area contributed by atoms with Gasteiger partial charge >= 0.3 is 0 Å². The largest absolute Gasteiger partial charge is 0.493 e. The molecule has 1 unspecified atom stereocenters. The summed E-state index contributed by atoms with van der Waals surface area (Å²) >= 11 is 6.17. The number of halogens is 1. The molecule has 0 aliphatic rings. The molecule has 1 aromatic heterocycles. The van der Waals surface area contributed by atoms with Crippen LogP contribution >= 0.6 is 11.6 Å². The van der Waals surface area contributed by atoms with Crippen molar-refractivity contribution in [2.24, 2.45) is 5.73 Å². The van der Waals surface area contributed by atoms with Crippen molar-refractivity contribution in [3.63, 3.8) is 0 Å². The topological polar surface area (TPSA) is 83.4 Å².